The molecule has 0 bridgehead atoms. The molecule has 30 heavy (non-hydrogen) atoms. The van der Waals surface area contributed by atoms with Gasteiger partial charge in [-0.15, -0.1) is 0 Å². The number of benzene rings is 2. The number of rotatable bonds is 7. The van der Waals surface area contributed by atoms with Crippen molar-refractivity contribution in [3.8, 4) is 22.6 Å². The lowest BCUT2D eigenvalue weighted by molar-refractivity contribution is 0.0728. The summed E-state index contributed by atoms with van der Waals surface area (Å²) in [7, 11) is 3.27. The van der Waals surface area contributed by atoms with Crippen molar-refractivity contribution in [2.45, 2.75) is 51.6 Å². The zero-order chi connectivity index (χ0) is 21.7. The highest BCUT2D eigenvalue weighted by molar-refractivity contribution is 5.95. The third-order valence-electron chi connectivity index (χ3n) is 6.40. The lowest BCUT2D eigenvalue weighted by Gasteiger charge is -2.42. The first-order chi connectivity index (χ1) is 14.4. The predicted octanol–water partition coefficient (Wildman–Crippen LogP) is 4.75. The number of likely N-dealkylation sites (tertiary alicyclic amines) is 1. The van der Waals surface area contributed by atoms with Crippen molar-refractivity contribution in [2.24, 2.45) is 0 Å². The zero-order valence-electron chi connectivity index (χ0n) is 18.8. The third-order valence-corrected chi connectivity index (χ3v) is 6.40. The van der Waals surface area contributed by atoms with Gasteiger partial charge >= 0.3 is 0 Å². The molecule has 0 atom stereocenters. The van der Waals surface area contributed by atoms with Crippen molar-refractivity contribution in [1.82, 2.24) is 10.2 Å². The van der Waals surface area contributed by atoms with E-state index in [2.05, 4.69) is 31.0 Å². The highest BCUT2D eigenvalue weighted by atomic mass is 16.5. The Labute approximate surface area is 180 Å². The summed E-state index contributed by atoms with van der Waals surface area (Å²) in [5.74, 6) is 1.44. The van der Waals surface area contributed by atoms with Gasteiger partial charge in [-0.1, -0.05) is 19.1 Å². The van der Waals surface area contributed by atoms with Crippen LogP contribution in [0.25, 0.3) is 11.1 Å². The van der Waals surface area contributed by atoms with Crippen LogP contribution in [0.4, 0.5) is 0 Å². The van der Waals surface area contributed by atoms with Gasteiger partial charge in [-0.2, -0.15) is 0 Å². The van der Waals surface area contributed by atoms with E-state index in [4.69, 9.17) is 9.47 Å². The number of amides is 1. The van der Waals surface area contributed by atoms with E-state index >= 15 is 0 Å². The molecule has 1 heterocycles. The van der Waals surface area contributed by atoms with Gasteiger partial charge in [0, 0.05) is 41.9 Å². The summed E-state index contributed by atoms with van der Waals surface area (Å²) >= 11 is 0. The fraction of sp³-hybridized carbons (Fsp3) is 0.480. The molecule has 0 aromatic heterocycles. The van der Waals surface area contributed by atoms with Gasteiger partial charge in [0.1, 0.15) is 11.5 Å². The molecular formula is C25H34N2O3. The maximum atomic E-state index is 12.9. The summed E-state index contributed by atoms with van der Waals surface area (Å²) < 4.78 is 10.8. The molecule has 0 saturated carbocycles. The highest BCUT2D eigenvalue weighted by Gasteiger charge is 2.29. The maximum absolute atomic E-state index is 12.9. The van der Waals surface area contributed by atoms with Crippen LogP contribution in [0.1, 0.15) is 50.4 Å². The van der Waals surface area contributed by atoms with E-state index in [-0.39, 0.29) is 17.5 Å². The number of carbonyl (C=O) groups is 1. The largest absolute Gasteiger partial charge is 0.497 e. The van der Waals surface area contributed by atoms with Crippen LogP contribution in [0.2, 0.25) is 0 Å². The zero-order valence-corrected chi connectivity index (χ0v) is 18.8. The maximum Gasteiger partial charge on any atom is 0.251 e. The van der Waals surface area contributed by atoms with Crippen molar-refractivity contribution in [1.29, 1.82) is 0 Å². The highest BCUT2D eigenvalue weighted by Crippen LogP contribution is 2.33. The van der Waals surface area contributed by atoms with E-state index in [9.17, 15) is 4.79 Å². The van der Waals surface area contributed by atoms with Crippen LogP contribution >= 0.6 is 0 Å². The number of hydrogen-bond donors (Lipinski definition) is 1. The molecule has 1 fully saturated rings. The molecule has 5 nitrogen and oxygen atoms in total. The molecule has 1 amide bonds. The van der Waals surface area contributed by atoms with Gasteiger partial charge in [0.05, 0.1) is 14.2 Å². The van der Waals surface area contributed by atoms with E-state index in [1.807, 2.05) is 42.5 Å². The van der Waals surface area contributed by atoms with Crippen LogP contribution in [-0.2, 0) is 0 Å². The topological polar surface area (TPSA) is 50.8 Å². The van der Waals surface area contributed by atoms with Gasteiger partial charge in [0.25, 0.3) is 5.91 Å². The Morgan fingerprint density at radius 2 is 1.83 bits per heavy atom. The van der Waals surface area contributed by atoms with Crippen molar-refractivity contribution in [3.05, 3.63) is 48.0 Å². The van der Waals surface area contributed by atoms with Gasteiger partial charge in [0.2, 0.25) is 0 Å². The van der Waals surface area contributed by atoms with Crippen LogP contribution in [-0.4, -0.2) is 49.7 Å². The number of nitrogens with one attached hydrogen (secondary N) is 1. The smallest absolute Gasteiger partial charge is 0.251 e. The summed E-state index contributed by atoms with van der Waals surface area (Å²) in [5.41, 5.74) is 2.77. The number of carbonyl (C=O) groups excluding carboxylic acids is 1. The number of hydrogen-bond acceptors (Lipinski definition) is 4. The second-order valence-electron chi connectivity index (χ2n) is 8.55. The van der Waals surface area contributed by atoms with E-state index in [0.29, 0.717) is 5.56 Å². The van der Waals surface area contributed by atoms with Gasteiger partial charge in [-0.3, -0.25) is 9.69 Å². The Bertz CT molecular complexity index is 870. The second-order valence-corrected chi connectivity index (χ2v) is 8.55. The molecule has 2 aromatic rings. The second kappa shape index (κ2) is 9.52. The first-order valence-electron chi connectivity index (χ1n) is 10.8. The Kier molecular flexibility index (Phi) is 7.03. The van der Waals surface area contributed by atoms with Crippen molar-refractivity contribution >= 4 is 5.91 Å². The number of piperidine rings is 1. The minimum Gasteiger partial charge on any atom is -0.497 e. The van der Waals surface area contributed by atoms with Gasteiger partial charge in [-0.05, 0) is 62.9 Å². The third kappa shape index (κ3) is 4.96. The molecule has 1 aliphatic rings. The minimum absolute atomic E-state index is 0.0162. The van der Waals surface area contributed by atoms with Gasteiger partial charge in [0.15, 0.2) is 0 Å². The van der Waals surface area contributed by atoms with Crippen LogP contribution in [0.15, 0.2) is 42.5 Å². The molecule has 1 saturated heterocycles. The summed E-state index contributed by atoms with van der Waals surface area (Å²) in [5, 5.41) is 3.23. The molecule has 0 unspecified atom stereocenters. The van der Waals surface area contributed by atoms with E-state index < -0.39 is 0 Å². The Balaban J connectivity index is 1.69. The molecule has 3 rings (SSSR count). The Morgan fingerprint density at radius 3 is 2.47 bits per heavy atom. The lowest BCUT2D eigenvalue weighted by Crippen LogP contribution is -2.51. The molecule has 1 aliphatic heterocycles. The molecule has 2 aromatic carbocycles. The van der Waals surface area contributed by atoms with E-state index in [1.165, 1.54) is 0 Å². The fourth-order valence-corrected chi connectivity index (χ4v) is 3.99. The van der Waals surface area contributed by atoms with Crippen LogP contribution in [0.3, 0.4) is 0 Å². The van der Waals surface area contributed by atoms with Gasteiger partial charge < -0.3 is 14.8 Å². The Morgan fingerprint density at radius 1 is 1.10 bits per heavy atom. The molecular weight excluding hydrogens is 376 g/mol. The summed E-state index contributed by atoms with van der Waals surface area (Å²) in [4.78, 5) is 15.4. The normalized spacial score (nSPS) is 15.6. The SMILES string of the molecule is CCC(C)(C)N1CCC(NC(=O)c2cccc(-c3ccc(OC)cc3OC)c2)CC1. The van der Waals surface area contributed by atoms with E-state index in [1.54, 1.807) is 14.2 Å². The fourth-order valence-electron chi connectivity index (χ4n) is 3.99. The molecule has 162 valence electrons. The van der Waals surface area contributed by atoms with Crippen molar-refractivity contribution in [3.63, 3.8) is 0 Å². The average molecular weight is 411 g/mol. The lowest BCUT2D eigenvalue weighted by atomic mass is 9.94. The molecule has 0 radical (unpaired) electrons. The molecule has 5 heteroatoms. The summed E-state index contributed by atoms with van der Waals surface area (Å²) in [6.07, 6.45) is 3.11. The first kappa shape index (κ1) is 22.2. The van der Waals surface area contributed by atoms with Crippen LogP contribution in [0.5, 0.6) is 11.5 Å². The minimum atomic E-state index is -0.0162. The summed E-state index contributed by atoms with van der Waals surface area (Å²) in [6.45, 7) is 8.87. The number of nitrogens with zero attached hydrogens (tertiary/aromatic N) is 1. The van der Waals surface area contributed by atoms with Crippen LogP contribution < -0.4 is 14.8 Å². The van der Waals surface area contributed by atoms with Crippen molar-refractivity contribution in [2.75, 3.05) is 27.3 Å². The summed E-state index contributed by atoms with van der Waals surface area (Å²) in [6, 6.07) is 13.6. The van der Waals surface area contributed by atoms with E-state index in [0.717, 1.165) is 55.0 Å². The standard InChI is InChI=1S/C25H34N2O3/c1-6-25(2,3)27-14-12-20(13-15-27)26-24(28)19-9-7-8-18(16-19)22-11-10-21(29-4)17-23(22)30-5/h7-11,16-17,20H,6,12-15H2,1-5H3,(H,26,28). The number of ether oxygens (including phenoxy) is 2. The van der Waals surface area contributed by atoms with Crippen LogP contribution in [0, 0.1) is 0 Å². The monoisotopic (exact) mass is 410 g/mol. The quantitative estimate of drug-likeness (QED) is 0.715. The molecule has 0 aliphatic carbocycles. The molecule has 1 N–H and O–H groups in total. The predicted molar refractivity (Wildman–Crippen MR) is 121 cm³/mol. The molecule has 0 spiro atoms. The van der Waals surface area contributed by atoms with Gasteiger partial charge in [-0.25, -0.2) is 0 Å². The number of methoxy groups -OCH3 is 2. The first-order valence-corrected chi connectivity index (χ1v) is 10.8. The Hall–Kier alpha value is -2.53. The average Bonchev–Trinajstić information content (AvgIpc) is 2.79. The van der Waals surface area contributed by atoms with Crippen molar-refractivity contribution < 1.29 is 14.3 Å².